The summed E-state index contributed by atoms with van der Waals surface area (Å²) < 4.78 is 0. The van der Waals surface area contributed by atoms with Crippen molar-refractivity contribution in [2.45, 2.75) is 51.5 Å². The highest BCUT2D eigenvalue weighted by Crippen LogP contribution is 2.21. The van der Waals surface area contributed by atoms with E-state index in [9.17, 15) is 9.59 Å². The van der Waals surface area contributed by atoms with Gasteiger partial charge in [0.1, 0.15) is 6.04 Å². The van der Waals surface area contributed by atoms with Crippen LogP contribution in [0, 0.1) is 0 Å². The van der Waals surface area contributed by atoms with Gasteiger partial charge < -0.3 is 10.2 Å². The lowest BCUT2D eigenvalue weighted by Gasteiger charge is -2.34. The molecule has 100 valence electrons. The van der Waals surface area contributed by atoms with Gasteiger partial charge in [0, 0.05) is 6.54 Å². The Balaban J connectivity index is 1.94. The zero-order chi connectivity index (χ0) is 13.0. The third-order valence-corrected chi connectivity index (χ3v) is 3.86. The van der Waals surface area contributed by atoms with Crippen LogP contribution in [0.2, 0.25) is 0 Å². The number of nitrogens with zero attached hydrogens (tertiary/aromatic N) is 1. The van der Waals surface area contributed by atoms with Crippen molar-refractivity contribution in [2.75, 3.05) is 13.1 Å². The molecule has 2 rings (SSSR count). The summed E-state index contributed by atoms with van der Waals surface area (Å²) in [6.07, 6.45) is 8.79. The van der Waals surface area contributed by atoms with E-state index in [-0.39, 0.29) is 24.4 Å². The molecule has 4 heteroatoms. The molecule has 1 atom stereocenters. The summed E-state index contributed by atoms with van der Waals surface area (Å²) in [6.45, 7) is 2.81. The van der Waals surface area contributed by atoms with Crippen LogP contribution in [0.5, 0.6) is 0 Å². The molecule has 1 heterocycles. The largest absolute Gasteiger partial charge is 0.345 e. The molecule has 1 unspecified atom stereocenters. The Morgan fingerprint density at radius 2 is 2.22 bits per heavy atom. The van der Waals surface area contributed by atoms with Crippen LogP contribution in [-0.2, 0) is 9.59 Å². The molecule has 4 nitrogen and oxygen atoms in total. The van der Waals surface area contributed by atoms with Crippen LogP contribution < -0.4 is 5.32 Å². The normalized spacial score (nSPS) is 24.8. The van der Waals surface area contributed by atoms with Crippen molar-refractivity contribution in [3.8, 4) is 0 Å². The van der Waals surface area contributed by atoms with Gasteiger partial charge in [0.2, 0.25) is 11.8 Å². The average molecular weight is 250 g/mol. The van der Waals surface area contributed by atoms with E-state index in [2.05, 4.69) is 11.4 Å². The van der Waals surface area contributed by atoms with Gasteiger partial charge in [0.05, 0.1) is 6.54 Å². The molecule has 0 aromatic rings. The van der Waals surface area contributed by atoms with E-state index in [0.29, 0.717) is 13.0 Å². The minimum atomic E-state index is -0.268. The summed E-state index contributed by atoms with van der Waals surface area (Å²) in [5.74, 6) is 0.0487. The molecule has 1 aliphatic carbocycles. The number of allylic oxidation sites excluding steroid dienone is 1. The standard InChI is InChI=1S/C14H22N2O2/c1-2-12-14(18)15-10-13(17)16(12)9-8-11-6-4-3-5-7-11/h6,12H,2-5,7-10H2,1H3,(H,15,18). The topological polar surface area (TPSA) is 49.4 Å². The van der Waals surface area contributed by atoms with Gasteiger partial charge in [-0.15, -0.1) is 0 Å². The lowest BCUT2D eigenvalue weighted by molar-refractivity contribution is -0.145. The summed E-state index contributed by atoms with van der Waals surface area (Å²) in [6, 6.07) is -0.268. The number of rotatable bonds is 4. The second-order valence-corrected chi connectivity index (χ2v) is 5.09. The maximum absolute atomic E-state index is 11.9. The number of nitrogens with one attached hydrogen (secondary N) is 1. The van der Waals surface area contributed by atoms with Crippen molar-refractivity contribution >= 4 is 11.8 Å². The minimum absolute atomic E-state index is 0.00489. The maximum atomic E-state index is 11.9. The van der Waals surface area contributed by atoms with Crippen molar-refractivity contribution < 1.29 is 9.59 Å². The van der Waals surface area contributed by atoms with Gasteiger partial charge in [-0.25, -0.2) is 0 Å². The summed E-state index contributed by atoms with van der Waals surface area (Å²) in [5, 5.41) is 2.66. The van der Waals surface area contributed by atoms with Crippen molar-refractivity contribution in [1.29, 1.82) is 0 Å². The van der Waals surface area contributed by atoms with Crippen LogP contribution in [-0.4, -0.2) is 35.8 Å². The number of carbonyl (C=O) groups is 2. The number of carbonyl (C=O) groups excluding carboxylic acids is 2. The van der Waals surface area contributed by atoms with Crippen LogP contribution in [0.3, 0.4) is 0 Å². The first-order valence-electron chi connectivity index (χ1n) is 6.97. The van der Waals surface area contributed by atoms with Crippen LogP contribution in [0.15, 0.2) is 11.6 Å². The van der Waals surface area contributed by atoms with E-state index >= 15 is 0 Å². The highest BCUT2D eigenvalue weighted by Gasteiger charge is 2.32. The lowest BCUT2D eigenvalue weighted by Crippen LogP contribution is -2.58. The van der Waals surface area contributed by atoms with E-state index in [1.54, 1.807) is 4.90 Å². The van der Waals surface area contributed by atoms with E-state index in [1.165, 1.54) is 24.8 Å². The molecule has 0 saturated carbocycles. The molecule has 0 aromatic carbocycles. The Morgan fingerprint density at radius 3 is 2.89 bits per heavy atom. The SMILES string of the molecule is CCC1C(=O)NCC(=O)N1CCC1=CCCCC1. The Bertz CT molecular complexity index is 363. The summed E-state index contributed by atoms with van der Waals surface area (Å²) in [4.78, 5) is 25.3. The van der Waals surface area contributed by atoms with Crippen LogP contribution in [0.4, 0.5) is 0 Å². The second kappa shape index (κ2) is 6.03. The third kappa shape index (κ3) is 2.92. The van der Waals surface area contributed by atoms with Crippen molar-refractivity contribution in [3.05, 3.63) is 11.6 Å². The molecule has 0 spiro atoms. The maximum Gasteiger partial charge on any atom is 0.243 e. The number of piperazine rings is 1. The Morgan fingerprint density at radius 1 is 1.39 bits per heavy atom. The van der Waals surface area contributed by atoms with Gasteiger partial charge in [0.25, 0.3) is 0 Å². The van der Waals surface area contributed by atoms with Crippen molar-refractivity contribution in [1.82, 2.24) is 10.2 Å². The molecule has 1 saturated heterocycles. The molecule has 0 bridgehead atoms. The van der Waals surface area contributed by atoms with Gasteiger partial charge in [-0.1, -0.05) is 18.6 Å². The van der Waals surface area contributed by atoms with Crippen molar-refractivity contribution in [2.24, 2.45) is 0 Å². The molecular weight excluding hydrogens is 228 g/mol. The quantitative estimate of drug-likeness (QED) is 0.771. The Kier molecular flexibility index (Phi) is 4.39. The second-order valence-electron chi connectivity index (χ2n) is 5.09. The first-order chi connectivity index (χ1) is 8.72. The molecule has 2 amide bonds. The van der Waals surface area contributed by atoms with Gasteiger partial charge in [0.15, 0.2) is 0 Å². The Hall–Kier alpha value is -1.32. The third-order valence-electron chi connectivity index (χ3n) is 3.86. The van der Waals surface area contributed by atoms with E-state index < -0.39 is 0 Å². The number of hydrogen-bond donors (Lipinski definition) is 1. The summed E-state index contributed by atoms with van der Waals surface area (Å²) in [5.41, 5.74) is 1.45. The monoisotopic (exact) mass is 250 g/mol. The summed E-state index contributed by atoms with van der Waals surface area (Å²) >= 11 is 0. The zero-order valence-corrected chi connectivity index (χ0v) is 11.1. The predicted molar refractivity (Wildman–Crippen MR) is 70.0 cm³/mol. The van der Waals surface area contributed by atoms with Gasteiger partial charge >= 0.3 is 0 Å². The highest BCUT2D eigenvalue weighted by molar-refractivity contribution is 5.94. The highest BCUT2D eigenvalue weighted by atomic mass is 16.2. The Labute approximate surface area is 108 Å². The fourth-order valence-electron chi connectivity index (χ4n) is 2.78. The van der Waals surface area contributed by atoms with Gasteiger partial charge in [-0.3, -0.25) is 9.59 Å². The van der Waals surface area contributed by atoms with Crippen LogP contribution in [0.1, 0.15) is 45.4 Å². The van der Waals surface area contributed by atoms with E-state index in [1.807, 2.05) is 6.92 Å². The molecule has 1 aliphatic heterocycles. The predicted octanol–water partition coefficient (Wildman–Crippen LogP) is 1.61. The smallest absolute Gasteiger partial charge is 0.243 e. The first-order valence-corrected chi connectivity index (χ1v) is 6.97. The molecular formula is C14H22N2O2. The van der Waals surface area contributed by atoms with Crippen LogP contribution >= 0.6 is 0 Å². The number of hydrogen-bond acceptors (Lipinski definition) is 2. The lowest BCUT2D eigenvalue weighted by atomic mass is 9.96. The molecule has 0 aromatic heterocycles. The molecule has 18 heavy (non-hydrogen) atoms. The van der Waals surface area contributed by atoms with Gasteiger partial charge in [-0.05, 0) is 38.5 Å². The summed E-state index contributed by atoms with van der Waals surface area (Å²) in [7, 11) is 0. The first kappa shape index (κ1) is 13.1. The average Bonchev–Trinajstić information content (AvgIpc) is 2.41. The number of amides is 2. The fraction of sp³-hybridized carbons (Fsp3) is 0.714. The minimum Gasteiger partial charge on any atom is -0.345 e. The van der Waals surface area contributed by atoms with Crippen LogP contribution in [0.25, 0.3) is 0 Å². The van der Waals surface area contributed by atoms with E-state index in [0.717, 1.165) is 12.8 Å². The molecule has 0 radical (unpaired) electrons. The van der Waals surface area contributed by atoms with Crippen molar-refractivity contribution in [3.63, 3.8) is 0 Å². The molecule has 2 aliphatic rings. The fourth-order valence-corrected chi connectivity index (χ4v) is 2.78. The molecule has 1 fully saturated rings. The molecule has 1 N–H and O–H groups in total. The van der Waals surface area contributed by atoms with Gasteiger partial charge in [-0.2, -0.15) is 0 Å². The zero-order valence-electron chi connectivity index (χ0n) is 11.1. The van der Waals surface area contributed by atoms with E-state index in [4.69, 9.17) is 0 Å².